The Morgan fingerprint density at radius 2 is 1.68 bits per heavy atom. The summed E-state index contributed by atoms with van der Waals surface area (Å²) in [5.41, 5.74) is 2.87. The Bertz CT molecular complexity index is 614. The molecule has 1 aromatic carbocycles. The van der Waals surface area contributed by atoms with Crippen LogP contribution >= 0.6 is 0 Å². The molecule has 0 aliphatic carbocycles. The molecule has 1 saturated heterocycles. The van der Waals surface area contributed by atoms with E-state index < -0.39 is 0 Å². The van der Waals surface area contributed by atoms with Crippen molar-refractivity contribution in [2.45, 2.75) is 45.8 Å². The highest BCUT2D eigenvalue weighted by molar-refractivity contribution is 6.63. The minimum absolute atomic E-state index is 0.288. The van der Waals surface area contributed by atoms with Gasteiger partial charge in [0.15, 0.2) is 0 Å². The minimum atomic E-state index is -0.294. The molecule has 0 amide bonds. The van der Waals surface area contributed by atoms with Crippen LogP contribution in [-0.2, 0) is 9.31 Å². The number of rotatable bonds is 1. The first-order chi connectivity index (χ1) is 8.80. The maximum absolute atomic E-state index is 6.12. The van der Waals surface area contributed by atoms with Crippen LogP contribution in [0.25, 0.3) is 10.9 Å². The predicted octanol–water partition coefficient (Wildman–Crippen LogP) is 2.78. The summed E-state index contributed by atoms with van der Waals surface area (Å²) in [5.74, 6) is 0. The summed E-state index contributed by atoms with van der Waals surface area (Å²) >= 11 is 0. The number of aryl methyl sites for hydroxylation is 1. The Hall–Kier alpha value is -1.26. The van der Waals surface area contributed by atoms with Crippen LogP contribution in [-0.4, -0.2) is 23.3 Å². The zero-order valence-corrected chi connectivity index (χ0v) is 12.2. The van der Waals surface area contributed by atoms with Gasteiger partial charge in [-0.2, -0.15) is 0 Å². The smallest absolute Gasteiger partial charge is 0.399 e. The Morgan fingerprint density at radius 3 is 2.32 bits per heavy atom. The number of aromatic amines is 1. The molecular weight excluding hydrogens is 237 g/mol. The van der Waals surface area contributed by atoms with Gasteiger partial charge in [-0.3, -0.25) is 0 Å². The SMILES string of the molecule is Cc1cc2[nH]ccc2cc1B1OC(C)(C)C(C)(C)O1. The molecule has 4 heteroatoms. The fraction of sp³-hybridized carbons (Fsp3) is 0.467. The molecule has 1 aliphatic heterocycles. The summed E-state index contributed by atoms with van der Waals surface area (Å²) in [7, 11) is -0.288. The number of fused-ring (bicyclic) bond motifs is 1. The number of nitrogens with one attached hydrogen (secondary N) is 1. The van der Waals surface area contributed by atoms with Crippen molar-refractivity contribution in [3.05, 3.63) is 30.0 Å². The van der Waals surface area contributed by atoms with Crippen molar-refractivity contribution >= 4 is 23.5 Å². The summed E-state index contributed by atoms with van der Waals surface area (Å²) in [6.07, 6.45) is 1.96. The Labute approximate surface area is 114 Å². The van der Waals surface area contributed by atoms with Crippen LogP contribution in [0.4, 0.5) is 0 Å². The van der Waals surface area contributed by atoms with Gasteiger partial charge >= 0.3 is 7.12 Å². The molecule has 1 N–H and O–H groups in total. The fourth-order valence-corrected chi connectivity index (χ4v) is 2.45. The highest BCUT2D eigenvalue weighted by atomic mass is 16.7. The second kappa shape index (κ2) is 3.87. The molecule has 2 heterocycles. The van der Waals surface area contributed by atoms with E-state index in [1.54, 1.807) is 0 Å². The van der Waals surface area contributed by atoms with E-state index in [2.05, 4.69) is 57.8 Å². The first-order valence-corrected chi connectivity index (χ1v) is 6.73. The van der Waals surface area contributed by atoms with Crippen LogP contribution in [0.15, 0.2) is 24.4 Å². The maximum atomic E-state index is 6.12. The highest BCUT2D eigenvalue weighted by Gasteiger charge is 2.52. The molecule has 0 spiro atoms. The molecule has 3 nitrogen and oxygen atoms in total. The third-order valence-electron chi connectivity index (χ3n) is 4.45. The number of hydrogen-bond donors (Lipinski definition) is 1. The lowest BCUT2D eigenvalue weighted by molar-refractivity contribution is 0.00578. The summed E-state index contributed by atoms with van der Waals surface area (Å²) in [4.78, 5) is 3.23. The lowest BCUT2D eigenvalue weighted by Crippen LogP contribution is -2.41. The van der Waals surface area contributed by atoms with Crippen LogP contribution < -0.4 is 5.46 Å². The summed E-state index contributed by atoms with van der Waals surface area (Å²) in [6.45, 7) is 10.4. The van der Waals surface area contributed by atoms with E-state index in [1.165, 1.54) is 10.9 Å². The van der Waals surface area contributed by atoms with Gasteiger partial charge in [-0.05, 0) is 63.2 Å². The van der Waals surface area contributed by atoms with Crippen molar-refractivity contribution < 1.29 is 9.31 Å². The van der Waals surface area contributed by atoms with Crippen molar-refractivity contribution in [1.29, 1.82) is 0 Å². The average Bonchev–Trinajstić information content (AvgIpc) is 2.80. The van der Waals surface area contributed by atoms with E-state index in [0.29, 0.717) is 0 Å². The van der Waals surface area contributed by atoms with Gasteiger partial charge in [-0.1, -0.05) is 6.07 Å². The summed E-state index contributed by atoms with van der Waals surface area (Å²) < 4.78 is 12.2. The Morgan fingerprint density at radius 1 is 1.05 bits per heavy atom. The van der Waals surface area contributed by atoms with Gasteiger partial charge < -0.3 is 14.3 Å². The van der Waals surface area contributed by atoms with Gasteiger partial charge in [0.25, 0.3) is 0 Å². The standard InChI is InChI=1S/C15H20BNO2/c1-10-8-13-11(6-7-17-13)9-12(10)16-18-14(2,3)15(4,5)19-16/h6-9,17H,1-5H3. The number of hydrogen-bond acceptors (Lipinski definition) is 2. The molecule has 0 radical (unpaired) electrons. The van der Waals surface area contributed by atoms with Crippen LogP contribution in [0, 0.1) is 6.92 Å². The first-order valence-electron chi connectivity index (χ1n) is 6.73. The van der Waals surface area contributed by atoms with Crippen molar-refractivity contribution in [3.8, 4) is 0 Å². The molecule has 3 rings (SSSR count). The van der Waals surface area contributed by atoms with Gasteiger partial charge in [0.2, 0.25) is 0 Å². The van der Waals surface area contributed by atoms with Crippen LogP contribution in [0.5, 0.6) is 0 Å². The zero-order chi connectivity index (χ0) is 13.8. The molecule has 19 heavy (non-hydrogen) atoms. The fourth-order valence-electron chi connectivity index (χ4n) is 2.45. The maximum Gasteiger partial charge on any atom is 0.495 e. The Balaban J connectivity index is 2.04. The van der Waals surface area contributed by atoms with Crippen LogP contribution in [0.1, 0.15) is 33.3 Å². The third-order valence-corrected chi connectivity index (χ3v) is 4.45. The van der Waals surface area contributed by atoms with Gasteiger partial charge in [0.05, 0.1) is 11.2 Å². The Kier molecular flexibility index (Phi) is 2.60. The molecule has 1 aliphatic rings. The average molecular weight is 257 g/mol. The van der Waals surface area contributed by atoms with Crippen LogP contribution in [0.2, 0.25) is 0 Å². The van der Waals surface area contributed by atoms with E-state index in [4.69, 9.17) is 9.31 Å². The lowest BCUT2D eigenvalue weighted by atomic mass is 9.76. The van der Waals surface area contributed by atoms with Gasteiger partial charge in [-0.25, -0.2) is 0 Å². The van der Waals surface area contributed by atoms with E-state index in [1.807, 2.05) is 6.20 Å². The molecule has 0 unspecified atom stereocenters. The zero-order valence-electron chi connectivity index (χ0n) is 12.2. The van der Waals surface area contributed by atoms with E-state index in [-0.39, 0.29) is 18.3 Å². The van der Waals surface area contributed by atoms with Crippen molar-refractivity contribution in [1.82, 2.24) is 4.98 Å². The van der Waals surface area contributed by atoms with Crippen molar-refractivity contribution in [3.63, 3.8) is 0 Å². The van der Waals surface area contributed by atoms with E-state index in [9.17, 15) is 0 Å². The molecule has 1 aromatic heterocycles. The van der Waals surface area contributed by atoms with Gasteiger partial charge in [0.1, 0.15) is 0 Å². The molecule has 0 bridgehead atoms. The van der Waals surface area contributed by atoms with Crippen molar-refractivity contribution in [2.75, 3.05) is 0 Å². The molecule has 100 valence electrons. The second-order valence-electron chi connectivity index (χ2n) is 6.36. The number of aromatic nitrogens is 1. The molecular formula is C15H20BNO2. The minimum Gasteiger partial charge on any atom is -0.399 e. The first kappa shape index (κ1) is 12.8. The van der Waals surface area contributed by atoms with E-state index >= 15 is 0 Å². The number of H-pyrrole nitrogens is 1. The highest BCUT2D eigenvalue weighted by Crippen LogP contribution is 2.36. The second-order valence-corrected chi connectivity index (χ2v) is 6.36. The third kappa shape index (κ3) is 1.90. The van der Waals surface area contributed by atoms with Gasteiger partial charge in [0, 0.05) is 11.7 Å². The quantitative estimate of drug-likeness (QED) is 0.797. The van der Waals surface area contributed by atoms with Crippen molar-refractivity contribution in [2.24, 2.45) is 0 Å². The number of benzene rings is 1. The normalized spacial score (nSPS) is 21.2. The largest absolute Gasteiger partial charge is 0.495 e. The monoisotopic (exact) mass is 257 g/mol. The lowest BCUT2D eigenvalue weighted by Gasteiger charge is -2.32. The van der Waals surface area contributed by atoms with E-state index in [0.717, 1.165) is 11.0 Å². The summed E-state index contributed by atoms with van der Waals surface area (Å²) in [6, 6.07) is 6.38. The van der Waals surface area contributed by atoms with Gasteiger partial charge in [-0.15, -0.1) is 0 Å². The molecule has 0 saturated carbocycles. The topological polar surface area (TPSA) is 34.2 Å². The molecule has 1 fully saturated rings. The summed E-state index contributed by atoms with van der Waals surface area (Å²) in [5, 5.41) is 1.19. The molecule has 0 atom stereocenters. The predicted molar refractivity (Wildman–Crippen MR) is 78.8 cm³/mol. The van der Waals surface area contributed by atoms with Crippen LogP contribution in [0.3, 0.4) is 0 Å². The molecule has 2 aromatic rings.